The summed E-state index contributed by atoms with van der Waals surface area (Å²) in [6, 6.07) is 7.65. The molecule has 2 saturated heterocycles. The molecule has 0 radical (unpaired) electrons. The zero-order valence-corrected chi connectivity index (χ0v) is 16.1. The van der Waals surface area contributed by atoms with Crippen LogP contribution in [0.5, 0.6) is 5.75 Å². The Morgan fingerprint density at radius 3 is 3.08 bits per heavy atom. The molecule has 26 heavy (non-hydrogen) atoms. The van der Waals surface area contributed by atoms with Crippen molar-refractivity contribution in [3.8, 4) is 5.75 Å². The number of hydrogen-bond acceptors (Lipinski definition) is 4. The van der Waals surface area contributed by atoms with Crippen molar-refractivity contribution >= 4 is 35.3 Å². The van der Waals surface area contributed by atoms with E-state index in [0.29, 0.717) is 35.6 Å². The van der Waals surface area contributed by atoms with Gasteiger partial charge < -0.3 is 20.7 Å². The van der Waals surface area contributed by atoms with Crippen LogP contribution < -0.4 is 20.7 Å². The van der Waals surface area contributed by atoms with E-state index in [1.165, 1.54) is 0 Å². The zero-order valence-electron chi connectivity index (χ0n) is 14.5. The first-order valence-electron chi connectivity index (χ1n) is 8.95. The quantitative estimate of drug-likeness (QED) is 0.442. The Morgan fingerprint density at radius 2 is 2.23 bits per heavy atom. The van der Waals surface area contributed by atoms with Gasteiger partial charge in [0.1, 0.15) is 12.4 Å². The highest BCUT2D eigenvalue weighted by Gasteiger charge is 2.42. The normalized spacial score (nSPS) is 23.9. The first-order chi connectivity index (χ1) is 12.6. The van der Waals surface area contributed by atoms with Crippen LogP contribution in [0.4, 0.5) is 4.79 Å². The van der Waals surface area contributed by atoms with Crippen LogP contribution >= 0.6 is 23.4 Å². The minimum absolute atomic E-state index is 0.0486. The molecule has 0 bridgehead atoms. The molecule has 3 amide bonds. The molecule has 2 heterocycles. The minimum atomic E-state index is -0.0512. The van der Waals surface area contributed by atoms with Gasteiger partial charge in [0, 0.05) is 22.4 Å². The number of amides is 3. The first kappa shape index (κ1) is 19.2. The maximum absolute atomic E-state index is 11.9. The van der Waals surface area contributed by atoms with E-state index in [1.54, 1.807) is 12.1 Å². The van der Waals surface area contributed by atoms with Crippen molar-refractivity contribution in [1.29, 1.82) is 0 Å². The number of urea groups is 1. The second-order valence-electron chi connectivity index (χ2n) is 6.52. The maximum atomic E-state index is 11.9. The number of ether oxygens (including phenoxy) is 1. The highest BCUT2D eigenvalue weighted by molar-refractivity contribution is 8.00. The topological polar surface area (TPSA) is 79.5 Å². The van der Waals surface area contributed by atoms with E-state index >= 15 is 0 Å². The monoisotopic (exact) mass is 397 g/mol. The van der Waals surface area contributed by atoms with Crippen LogP contribution in [-0.2, 0) is 4.79 Å². The van der Waals surface area contributed by atoms with Crippen LogP contribution in [0.15, 0.2) is 24.3 Å². The van der Waals surface area contributed by atoms with Gasteiger partial charge in [0.25, 0.3) is 0 Å². The van der Waals surface area contributed by atoms with Crippen LogP contribution in [-0.4, -0.2) is 48.2 Å². The van der Waals surface area contributed by atoms with E-state index in [2.05, 4.69) is 16.0 Å². The summed E-state index contributed by atoms with van der Waals surface area (Å²) in [6.07, 6.45) is 3.40. The molecule has 0 unspecified atom stereocenters. The van der Waals surface area contributed by atoms with E-state index in [4.69, 9.17) is 16.3 Å². The number of carbonyl (C=O) groups excluding carboxylic acids is 2. The Labute approximate surface area is 162 Å². The number of benzene rings is 1. The van der Waals surface area contributed by atoms with Crippen molar-refractivity contribution in [1.82, 2.24) is 16.0 Å². The summed E-state index contributed by atoms with van der Waals surface area (Å²) in [5.41, 5.74) is 0. The lowest BCUT2D eigenvalue weighted by Gasteiger charge is -2.16. The molecule has 8 heteroatoms. The van der Waals surface area contributed by atoms with Gasteiger partial charge in [0.05, 0.1) is 18.6 Å². The fourth-order valence-corrected chi connectivity index (χ4v) is 5.00. The summed E-state index contributed by atoms with van der Waals surface area (Å²) in [4.78, 5) is 23.2. The molecular formula is C18H24ClN3O3S. The standard InChI is InChI=1S/C18H24ClN3O3S/c19-12-4-3-5-13(10-12)25-9-8-20-16(23)7-2-1-6-15-17-14(11-26-15)21-18(24)22-17/h3-5,10,14-15,17H,1-2,6-9,11H2,(H,20,23)(H2,21,22,24)/t14-,15-,17-/m0/s1. The molecule has 2 aliphatic rings. The predicted molar refractivity (Wildman–Crippen MR) is 104 cm³/mol. The molecule has 1 aromatic carbocycles. The molecular weight excluding hydrogens is 374 g/mol. The third-order valence-corrected chi connectivity index (χ3v) is 6.31. The van der Waals surface area contributed by atoms with Gasteiger partial charge in [-0.2, -0.15) is 11.8 Å². The second kappa shape index (κ2) is 9.37. The van der Waals surface area contributed by atoms with E-state index < -0.39 is 0 Å². The number of hydrogen-bond donors (Lipinski definition) is 3. The molecule has 3 rings (SSSR count). The number of carbonyl (C=O) groups is 2. The van der Waals surface area contributed by atoms with Crippen LogP contribution in [0.3, 0.4) is 0 Å². The largest absolute Gasteiger partial charge is 0.492 e. The average molecular weight is 398 g/mol. The fraction of sp³-hybridized carbons (Fsp3) is 0.556. The Morgan fingerprint density at radius 1 is 1.35 bits per heavy atom. The molecule has 3 N–H and O–H groups in total. The molecule has 0 saturated carbocycles. The van der Waals surface area contributed by atoms with Gasteiger partial charge in [-0.25, -0.2) is 4.79 Å². The summed E-state index contributed by atoms with van der Waals surface area (Å²) in [7, 11) is 0. The third kappa shape index (κ3) is 5.45. The lowest BCUT2D eigenvalue weighted by molar-refractivity contribution is -0.121. The minimum Gasteiger partial charge on any atom is -0.492 e. The average Bonchev–Trinajstić information content (AvgIpc) is 3.15. The number of rotatable bonds is 9. The van der Waals surface area contributed by atoms with Crippen molar-refractivity contribution < 1.29 is 14.3 Å². The van der Waals surface area contributed by atoms with Gasteiger partial charge in [-0.05, 0) is 31.0 Å². The number of halogens is 1. The summed E-state index contributed by atoms with van der Waals surface area (Å²) < 4.78 is 5.54. The Kier molecular flexibility index (Phi) is 6.91. The first-order valence-corrected chi connectivity index (χ1v) is 10.4. The Bertz CT molecular complexity index is 646. The molecule has 2 fully saturated rings. The van der Waals surface area contributed by atoms with Crippen LogP contribution in [0.2, 0.25) is 5.02 Å². The molecule has 1 aromatic rings. The number of fused-ring (bicyclic) bond motifs is 1. The fourth-order valence-electron chi connectivity index (χ4n) is 3.28. The molecule has 0 aliphatic carbocycles. The van der Waals surface area contributed by atoms with Crippen LogP contribution in [0, 0.1) is 0 Å². The lowest BCUT2D eigenvalue weighted by atomic mass is 10.0. The molecule has 0 aromatic heterocycles. The molecule has 0 spiro atoms. The van der Waals surface area contributed by atoms with Crippen molar-refractivity contribution in [2.45, 2.75) is 43.0 Å². The van der Waals surface area contributed by atoms with Gasteiger partial charge in [0.15, 0.2) is 0 Å². The van der Waals surface area contributed by atoms with Crippen LogP contribution in [0.25, 0.3) is 0 Å². The van der Waals surface area contributed by atoms with E-state index in [0.717, 1.165) is 25.0 Å². The molecule has 2 aliphatic heterocycles. The van der Waals surface area contributed by atoms with Crippen molar-refractivity contribution in [2.75, 3.05) is 18.9 Å². The van der Waals surface area contributed by atoms with Gasteiger partial charge in [-0.3, -0.25) is 4.79 Å². The number of nitrogens with one attached hydrogen (secondary N) is 3. The summed E-state index contributed by atoms with van der Waals surface area (Å²) in [5.74, 6) is 1.72. The zero-order chi connectivity index (χ0) is 18.4. The lowest BCUT2D eigenvalue weighted by Crippen LogP contribution is -2.36. The van der Waals surface area contributed by atoms with Crippen LogP contribution in [0.1, 0.15) is 25.7 Å². The summed E-state index contributed by atoms with van der Waals surface area (Å²) in [6.45, 7) is 0.895. The summed E-state index contributed by atoms with van der Waals surface area (Å²) >= 11 is 7.79. The highest BCUT2D eigenvalue weighted by Crippen LogP contribution is 2.33. The second-order valence-corrected chi connectivity index (χ2v) is 8.23. The SMILES string of the molecule is O=C(CCCC[C@@H]1SC[C@@H]2NC(=O)N[C@@H]21)NCCOc1cccc(Cl)c1. The highest BCUT2D eigenvalue weighted by atomic mass is 35.5. The van der Waals surface area contributed by atoms with Gasteiger partial charge in [0.2, 0.25) is 5.91 Å². The predicted octanol–water partition coefficient (Wildman–Crippen LogP) is 2.56. The Balaban J connectivity index is 1.23. The van der Waals surface area contributed by atoms with E-state index in [-0.39, 0.29) is 24.0 Å². The van der Waals surface area contributed by atoms with Crippen molar-refractivity contribution in [3.63, 3.8) is 0 Å². The summed E-state index contributed by atoms with van der Waals surface area (Å²) in [5, 5.41) is 9.89. The number of thioether (sulfide) groups is 1. The van der Waals surface area contributed by atoms with E-state index in [9.17, 15) is 9.59 Å². The van der Waals surface area contributed by atoms with E-state index in [1.807, 2.05) is 23.9 Å². The van der Waals surface area contributed by atoms with Gasteiger partial charge in [-0.1, -0.05) is 24.1 Å². The van der Waals surface area contributed by atoms with Gasteiger partial charge >= 0.3 is 6.03 Å². The number of unbranched alkanes of at least 4 members (excludes halogenated alkanes) is 1. The van der Waals surface area contributed by atoms with Gasteiger partial charge in [-0.15, -0.1) is 0 Å². The molecule has 3 atom stereocenters. The Hall–Kier alpha value is -1.60. The smallest absolute Gasteiger partial charge is 0.315 e. The maximum Gasteiger partial charge on any atom is 0.315 e. The van der Waals surface area contributed by atoms with Crippen molar-refractivity contribution in [2.24, 2.45) is 0 Å². The van der Waals surface area contributed by atoms with Crippen molar-refractivity contribution in [3.05, 3.63) is 29.3 Å². The third-order valence-electron chi connectivity index (χ3n) is 4.57. The molecule has 142 valence electrons. The molecule has 6 nitrogen and oxygen atoms in total.